The highest BCUT2D eigenvalue weighted by Crippen LogP contribution is 2.38. The zero-order valence-corrected chi connectivity index (χ0v) is 29.2. The van der Waals surface area contributed by atoms with E-state index in [1.54, 1.807) is 55.5 Å². The van der Waals surface area contributed by atoms with E-state index in [9.17, 15) is 31.2 Å². The van der Waals surface area contributed by atoms with Gasteiger partial charge in [0, 0.05) is 24.5 Å². The molecular formula is C36H36Cl2F3N3O4S. The van der Waals surface area contributed by atoms with Crippen LogP contribution < -0.4 is 9.62 Å². The Morgan fingerprint density at radius 3 is 2.18 bits per heavy atom. The minimum Gasteiger partial charge on any atom is -0.354 e. The number of hydrogen-bond acceptors (Lipinski definition) is 4. The van der Waals surface area contributed by atoms with Gasteiger partial charge in [-0.2, -0.15) is 13.2 Å². The maximum absolute atomic E-state index is 14.5. The molecule has 0 spiro atoms. The molecule has 4 rings (SSSR count). The summed E-state index contributed by atoms with van der Waals surface area (Å²) in [6.45, 7) is 2.98. The molecule has 1 N–H and O–H groups in total. The van der Waals surface area contributed by atoms with Gasteiger partial charge in [0.05, 0.1) is 21.2 Å². The minimum atomic E-state index is -4.91. The van der Waals surface area contributed by atoms with Gasteiger partial charge in [0.25, 0.3) is 10.0 Å². The van der Waals surface area contributed by atoms with Gasteiger partial charge in [0.2, 0.25) is 11.8 Å². The van der Waals surface area contributed by atoms with Gasteiger partial charge < -0.3 is 10.2 Å². The summed E-state index contributed by atoms with van der Waals surface area (Å²) in [5.41, 5.74) is 0.340. The number of carbonyl (C=O) groups excluding carboxylic acids is 2. The normalized spacial score (nSPS) is 12.3. The fourth-order valence-corrected chi connectivity index (χ4v) is 6.99. The third-order valence-corrected chi connectivity index (χ3v) is 10.1. The summed E-state index contributed by atoms with van der Waals surface area (Å²) in [5.74, 6) is -1.29. The Balaban J connectivity index is 1.85. The zero-order valence-electron chi connectivity index (χ0n) is 26.9. The van der Waals surface area contributed by atoms with Crippen molar-refractivity contribution in [3.05, 3.63) is 129 Å². The molecule has 1 atom stereocenters. The highest BCUT2D eigenvalue weighted by Gasteiger charge is 2.37. The molecule has 260 valence electrons. The van der Waals surface area contributed by atoms with Crippen LogP contribution in [0, 0.1) is 6.92 Å². The van der Waals surface area contributed by atoms with Crippen LogP contribution in [0.4, 0.5) is 18.9 Å². The number of hydrogen-bond donors (Lipinski definition) is 1. The largest absolute Gasteiger partial charge is 0.417 e. The minimum absolute atomic E-state index is 0.0784. The van der Waals surface area contributed by atoms with Crippen molar-refractivity contribution in [3.63, 3.8) is 0 Å². The quantitative estimate of drug-likeness (QED) is 0.133. The highest BCUT2D eigenvalue weighted by atomic mass is 35.5. The molecule has 4 aromatic rings. The van der Waals surface area contributed by atoms with E-state index in [0.29, 0.717) is 33.9 Å². The zero-order chi connectivity index (χ0) is 35.8. The Hall–Kier alpha value is -4.06. The maximum Gasteiger partial charge on any atom is 0.417 e. The summed E-state index contributed by atoms with van der Waals surface area (Å²) in [7, 11) is -4.62. The summed E-state index contributed by atoms with van der Waals surface area (Å²) in [4.78, 5) is 29.3. The monoisotopic (exact) mass is 733 g/mol. The lowest BCUT2D eigenvalue weighted by atomic mass is 10.0. The number of rotatable bonds is 14. The standard InChI is InChI=1S/C36H36Cl2F3N3O4S/c1-3-4-19-42-35(46)33(21-26-9-6-5-7-10-26)43(23-27-11-8-12-28(37)20-27)34(45)24-44(49(47,48)30-16-13-25(2)14-17-30)29-15-18-32(38)31(22-29)36(39,40)41/h5-18,20,22,33H,3-4,19,21,23-24H2,1-2H3,(H,42,46). The second-order valence-electron chi connectivity index (χ2n) is 11.5. The Morgan fingerprint density at radius 1 is 0.878 bits per heavy atom. The van der Waals surface area contributed by atoms with E-state index in [-0.39, 0.29) is 17.9 Å². The van der Waals surface area contributed by atoms with E-state index < -0.39 is 56.9 Å². The van der Waals surface area contributed by atoms with Crippen LogP contribution in [0.5, 0.6) is 0 Å². The number of nitrogens with zero attached hydrogens (tertiary/aromatic N) is 2. The van der Waals surface area contributed by atoms with Gasteiger partial charge >= 0.3 is 6.18 Å². The van der Waals surface area contributed by atoms with Crippen LogP contribution in [-0.4, -0.2) is 44.3 Å². The predicted molar refractivity (Wildman–Crippen MR) is 186 cm³/mol. The first-order chi connectivity index (χ1) is 23.2. The van der Waals surface area contributed by atoms with Crippen molar-refractivity contribution in [1.82, 2.24) is 10.2 Å². The number of unbranched alkanes of at least 4 members (excludes halogenated alkanes) is 1. The van der Waals surface area contributed by atoms with Gasteiger partial charge in [-0.3, -0.25) is 13.9 Å². The average molecular weight is 735 g/mol. The second-order valence-corrected chi connectivity index (χ2v) is 14.2. The predicted octanol–water partition coefficient (Wildman–Crippen LogP) is 8.07. The van der Waals surface area contributed by atoms with Crippen molar-refractivity contribution >= 4 is 50.7 Å². The van der Waals surface area contributed by atoms with Crippen LogP contribution in [0.3, 0.4) is 0 Å². The molecular weight excluding hydrogens is 698 g/mol. The van der Waals surface area contributed by atoms with E-state index in [0.717, 1.165) is 29.7 Å². The summed E-state index contributed by atoms with van der Waals surface area (Å²) in [6, 6.07) is 22.9. The number of sulfonamides is 1. The van der Waals surface area contributed by atoms with Gasteiger partial charge in [0.1, 0.15) is 12.6 Å². The highest BCUT2D eigenvalue weighted by molar-refractivity contribution is 7.92. The Kier molecular flexibility index (Phi) is 12.8. The van der Waals surface area contributed by atoms with Gasteiger partial charge in [-0.15, -0.1) is 0 Å². The Morgan fingerprint density at radius 2 is 1.55 bits per heavy atom. The van der Waals surface area contributed by atoms with E-state index >= 15 is 0 Å². The van der Waals surface area contributed by atoms with Crippen molar-refractivity contribution in [2.24, 2.45) is 0 Å². The first-order valence-electron chi connectivity index (χ1n) is 15.5. The summed E-state index contributed by atoms with van der Waals surface area (Å²) < 4.78 is 70.8. The molecule has 0 saturated carbocycles. The van der Waals surface area contributed by atoms with E-state index in [2.05, 4.69) is 5.32 Å². The first kappa shape index (κ1) is 37.8. The lowest BCUT2D eigenvalue weighted by Gasteiger charge is -2.34. The number of anilines is 1. The molecule has 0 saturated heterocycles. The molecule has 0 aliphatic rings. The third-order valence-electron chi connectivity index (χ3n) is 7.77. The number of aryl methyl sites for hydroxylation is 1. The van der Waals surface area contributed by atoms with Crippen LogP contribution in [0.15, 0.2) is 102 Å². The lowest BCUT2D eigenvalue weighted by Crippen LogP contribution is -2.53. The summed E-state index contributed by atoms with van der Waals surface area (Å²) in [5, 5.41) is 2.62. The number of carbonyl (C=O) groups is 2. The van der Waals surface area contributed by atoms with Crippen molar-refractivity contribution in [2.45, 2.75) is 56.8 Å². The van der Waals surface area contributed by atoms with Crippen molar-refractivity contribution in [2.75, 3.05) is 17.4 Å². The Bertz CT molecular complexity index is 1860. The fraction of sp³-hybridized carbons (Fsp3) is 0.278. The van der Waals surface area contributed by atoms with Crippen molar-refractivity contribution < 1.29 is 31.2 Å². The number of nitrogens with one attached hydrogen (secondary N) is 1. The third kappa shape index (κ3) is 9.99. The molecule has 0 aliphatic heterocycles. The van der Waals surface area contributed by atoms with E-state index in [1.807, 2.05) is 13.0 Å². The molecule has 0 fully saturated rings. The van der Waals surface area contributed by atoms with Crippen LogP contribution in [0.2, 0.25) is 10.0 Å². The molecule has 13 heteroatoms. The van der Waals surface area contributed by atoms with Crippen LogP contribution in [0.25, 0.3) is 0 Å². The lowest BCUT2D eigenvalue weighted by molar-refractivity contribution is -0.140. The SMILES string of the molecule is CCCCNC(=O)C(Cc1ccccc1)N(Cc1cccc(Cl)c1)C(=O)CN(c1ccc(Cl)c(C(F)(F)F)c1)S(=O)(=O)c1ccc(C)cc1. The molecule has 4 aromatic carbocycles. The van der Waals surface area contributed by atoms with Gasteiger partial charge in [-0.05, 0) is 66.9 Å². The number of amides is 2. The van der Waals surface area contributed by atoms with Crippen LogP contribution in [-0.2, 0) is 38.8 Å². The van der Waals surface area contributed by atoms with Crippen LogP contribution >= 0.6 is 23.2 Å². The molecule has 0 bridgehead atoms. The Labute approximate surface area is 294 Å². The fourth-order valence-electron chi connectivity index (χ4n) is 5.14. The van der Waals surface area contributed by atoms with Gasteiger partial charge in [-0.25, -0.2) is 8.42 Å². The molecule has 0 aromatic heterocycles. The smallest absolute Gasteiger partial charge is 0.354 e. The van der Waals surface area contributed by atoms with Crippen LogP contribution in [0.1, 0.15) is 42.0 Å². The molecule has 2 amide bonds. The second kappa shape index (κ2) is 16.6. The molecule has 49 heavy (non-hydrogen) atoms. The maximum atomic E-state index is 14.5. The molecule has 0 heterocycles. The molecule has 7 nitrogen and oxygen atoms in total. The average Bonchev–Trinajstić information content (AvgIpc) is 3.05. The number of benzene rings is 4. The number of halogens is 5. The van der Waals surface area contributed by atoms with Crippen molar-refractivity contribution in [1.29, 1.82) is 0 Å². The van der Waals surface area contributed by atoms with Gasteiger partial charge in [0.15, 0.2) is 0 Å². The van der Waals surface area contributed by atoms with Gasteiger partial charge in [-0.1, -0.05) is 96.7 Å². The van der Waals surface area contributed by atoms with E-state index in [1.165, 1.54) is 29.2 Å². The first-order valence-corrected chi connectivity index (χ1v) is 17.7. The number of alkyl halides is 3. The van der Waals surface area contributed by atoms with E-state index in [4.69, 9.17) is 23.2 Å². The molecule has 0 aliphatic carbocycles. The molecule has 1 unspecified atom stereocenters. The van der Waals surface area contributed by atoms with Crippen molar-refractivity contribution in [3.8, 4) is 0 Å². The topological polar surface area (TPSA) is 86.8 Å². The summed E-state index contributed by atoms with van der Waals surface area (Å²) in [6.07, 6.45) is -3.34. The summed E-state index contributed by atoms with van der Waals surface area (Å²) >= 11 is 12.1. The molecule has 0 radical (unpaired) electrons.